The van der Waals surface area contributed by atoms with Gasteiger partial charge in [0.15, 0.2) is 0 Å². The van der Waals surface area contributed by atoms with E-state index < -0.39 is 0 Å². The minimum Gasteiger partial charge on any atom is -0.342 e. The second-order valence-electron chi connectivity index (χ2n) is 6.16. The average molecular weight is 272 g/mol. The van der Waals surface area contributed by atoms with Crippen molar-refractivity contribution in [2.75, 3.05) is 20.1 Å². The number of carbonyl (C=O) groups is 1. The molecule has 3 heteroatoms. The molecule has 2 aliphatic rings. The Morgan fingerprint density at radius 2 is 1.85 bits per heavy atom. The Kier molecular flexibility index (Phi) is 4.06. The Labute approximate surface area is 121 Å². The molecule has 108 valence electrons. The molecule has 3 rings (SSSR count). The molecule has 3 nitrogen and oxygen atoms in total. The van der Waals surface area contributed by atoms with Crippen molar-refractivity contribution < 1.29 is 4.79 Å². The second kappa shape index (κ2) is 5.96. The molecule has 1 aliphatic heterocycles. The molecule has 20 heavy (non-hydrogen) atoms. The van der Waals surface area contributed by atoms with Gasteiger partial charge in [-0.15, -0.1) is 0 Å². The van der Waals surface area contributed by atoms with E-state index >= 15 is 0 Å². The van der Waals surface area contributed by atoms with Crippen molar-refractivity contribution >= 4 is 5.91 Å². The fourth-order valence-corrected chi connectivity index (χ4v) is 3.59. The van der Waals surface area contributed by atoms with Gasteiger partial charge >= 0.3 is 0 Å². The number of fused-ring (bicyclic) bond motifs is 1. The van der Waals surface area contributed by atoms with Gasteiger partial charge in [0.2, 0.25) is 5.91 Å². The molecule has 1 fully saturated rings. The molecule has 0 saturated carbocycles. The first-order chi connectivity index (χ1) is 9.75. The zero-order valence-electron chi connectivity index (χ0n) is 12.3. The normalized spacial score (nSPS) is 23.1. The summed E-state index contributed by atoms with van der Waals surface area (Å²) in [5.41, 5.74) is 2.73. The van der Waals surface area contributed by atoms with Crippen molar-refractivity contribution in [3.8, 4) is 0 Å². The van der Waals surface area contributed by atoms with E-state index in [0.717, 1.165) is 38.8 Å². The lowest BCUT2D eigenvalue weighted by Crippen LogP contribution is -2.41. The van der Waals surface area contributed by atoms with Crippen LogP contribution in [0.4, 0.5) is 0 Å². The first-order valence-corrected chi connectivity index (χ1v) is 7.80. The number of hydrogen-bond acceptors (Lipinski definition) is 2. The van der Waals surface area contributed by atoms with Gasteiger partial charge in [0.1, 0.15) is 0 Å². The number of amides is 1. The van der Waals surface area contributed by atoms with Gasteiger partial charge in [-0.1, -0.05) is 24.3 Å². The Morgan fingerprint density at radius 3 is 2.55 bits per heavy atom. The monoisotopic (exact) mass is 272 g/mol. The van der Waals surface area contributed by atoms with E-state index in [9.17, 15) is 4.79 Å². The topological polar surface area (TPSA) is 32.3 Å². The maximum atomic E-state index is 12.7. The van der Waals surface area contributed by atoms with Crippen LogP contribution in [0.2, 0.25) is 0 Å². The molecule has 1 aromatic rings. The lowest BCUT2D eigenvalue weighted by atomic mass is 10.0. The maximum absolute atomic E-state index is 12.7. The fraction of sp³-hybridized carbons (Fsp3) is 0.588. The summed E-state index contributed by atoms with van der Waals surface area (Å²) in [6.07, 6.45) is 5.23. The van der Waals surface area contributed by atoms with Gasteiger partial charge < -0.3 is 10.2 Å². The molecule has 1 saturated heterocycles. The van der Waals surface area contributed by atoms with Crippen LogP contribution in [0.3, 0.4) is 0 Å². The Hall–Kier alpha value is -1.35. The molecule has 1 aliphatic carbocycles. The number of hydrogen-bond donors (Lipinski definition) is 1. The first kappa shape index (κ1) is 13.6. The molecule has 0 aromatic heterocycles. The number of rotatable bonds is 2. The van der Waals surface area contributed by atoms with E-state index in [-0.39, 0.29) is 5.92 Å². The van der Waals surface area contributed by atoms with Crippen LogP contribution in [-0.4, -0.2) is 37.0 Å². The molecule has 0 radical (unpaired) electrons. The summed E-state index contributed by atoms with van der Waals surface area (Å²) < 4.78 is 0. The van der Waals surface area contributed by atoms with E-state index in [2.05, 4.69) is 29.6 Å². The highest BCUT2D eigenvalue weighted by Gasteiger charge is 2.31. The Bertz CT molecular complexity index is 453. The van der Waals surface area contributed by atoms with Crippen LogP contribution in [0.15, 0.2) is 24.3 Å². The number of benzene rings is 1. The van der Waals surface area contributed by atoms with Crippen molar-refractivity contribution in [1.29, 1.82) is 0 Å². The van der Waals surface area contributed by atoms with Crippen LogP contribution in [0, 0.1) is 5.92 Å². The average Bonchev–Trinajstić information content (AvgIpc) is 2.72. The van der Waals surface area contributed by atoms with Gasteiger partial charge in [0, 0.05) is 19.0 Å². The van der Waals surface area contributed by atoms with Gasteiger partial charge in [0.25, 0.3) is 0 Å². The van der Waals surface area contributed by atoms with Crippen LogP contribution in [0.1, 0.15) is 30.4 Å². The third-order valence-corrected chi connectivity index (χ3v) is 4.84. The van der Waals surface area contributed by atoms with Crippen molar-refractivity contribution in [2.45, 2.75) is 38.1 Å². The zero-order chi connectivity index (χ0) is 13.9. The lowest BCUT2D eigenvalue weighted by molar-refractivity contribution is -0.136. The minimum atomic E-state index is 0.161. The van der Waals surface area contributed by atoms with Gasteiger partial charge in [0.05, 0.1) is 0 Å². The molecular formula is C17H24N2O. The third kappa shape index (κ3) is 2.73. The Balaban J connectivity index is 1.64. The van der Waals surface area contributed by atoms with E-state index in [1.165, 1.54) is 17.5 Å². The standard InChI is InChI=1S/C17H24N2O/c1-19(16-7-4-9-18-10-8-16)17(20)15-11-13-5-2-3-6-14(13)12-15/h2-3,5-6,15-16,18H,4,7-12H2,1H3. The summed E-state index contributed by atoms with van der Waals surface area (Å²) in [5.74, 6) is 0.502. The van der Waals surface area contributed by atoms with E-state index in [4.69, 9.17) is 0 Å². The smallest absolute Gasteiger partial charge is 0.226 e. The largest absolute Gasteiger partial charge is 0.342 e. The maximum Gasteiger partial charge on any atom is 0.226 e. The lowest BCUT2D eigenvalue weighted by Gasteiger charge is -2.29. The van der Waals surface area contributed by atoms with E-state index in [0.29, 0.717) is 11.9 Å². The van der Waals surface area contributed by atoms with Crippen LogP contribution >= 0.6 is 0 Å². The van der Waals surface area contributed by atoms with Gasteiger partial charge in [-0.2, -0.15) is 0 Å². The van der Waals surface area contributed by atoms with E-state index in [1.807, 2.05) is 11.9 Å². The second-order valence-corrected chi connectivity index (χ2v) is 6.16. The summed E-state index contributed by atoms with van der Waals surface area (Å²) >= 11 is 0. The Morgan fingerprint density at radius 1 is 1.15 bits per heavy atom. The quantitative estimate of drug-likeness (QED) is 0.893. The molecule has 1 unspecified atom stereocenters. The van der Waals surface area contributed by atoms with E-state index in [1.54, 1.807) is 0 Å². The third-order valence-electron chi connectivity index (χ3n) is 4.84. The van der Waals surface area contributed by atoms with Gasteiger partial charge in [-0.3, -0.25) is 4.79 Å². The van der Waals surface area contributed by atoms with Crippen LogP contribution in [0.5, 0.6) is 0 Å². The van der Waals surface area contributed by atoms with Gasteiger partial charge in [-0.05, 0) is 56.3 Å². The molecule has 0 spiro atoms. The van der Waals surface area contributed by atoms with Crippen LogP contribution in [-0.2, 0) is 17.6 Å². The fourth-order valence-electron chi connectivity index (χ4n) is 3.59. The summed E-state index contributed by atoms with van der Waals surface area (Å²) in [5, 5.41) is 3.42. The summed E-state index contributed by atoms with van der Waals surface area (Å²) in [4.78, 5) is 14.8. The number of nitrogens with one attached hydrogen (secondary N) is 1. The molecule has 1 atom stereocenters. The highest BCUT2D eigenvalue weighted by Crippen LogP contribution is 2.28. The summed E-state index contributed by atoms with van der Waals surface area (Å²) in [6.45, 7) is 2.13. The SMILES string of the molecule is CN(C(=O)C1Cc2ccccc2C1)C1CCCNCC1. The molecule has 1 amide bonds. The molecule has 1 aromatic carbocycles. The molecule has 1 N–H and O–H groups in total. The van der Waals surface area contributed by atoms with Crippen LogP contribution in [0.25, 0.3) is 0 Å². The van der Waals surface area contributed by atoms with Crippen molar-refractivity contribution in [1.82, 2.24) is 10.2 Å². The first-order valence-electron chi connectivity index (χ1n) is 7.80. The number of carbonyl (C=O) groups excluding carboxylic acids is 1. The molecular weight excluding hydrogens is 248 g/mol. The summed E-state index contributed by atoms with van der Waals surface area (Å²) in [7, 11) is 2.00. The minimum absolute atomic E-state index is 0.161. The molecule has 0 bridgehead atoms. The highest BCUT2D eigenvalue weighted by atomic mass is 16.2. The van der Waals surface area contributed by atoms with Crippen molar-refractivity contribution in [2.24, 2.45) is 5.92 Å². The predicted molar refractivity (Wildman–Crippen MR) is 80.6 cm³/mol. The zero-order valence-corrected chi connectivity index (χ0v) is 12.3. The molecule has 1 heterocycles. The van der Waals surface area contributed by atoms with Gasteiger partial charge in [-0.25, -0.2) is 0 Å². The number of nitrogens with zero attached hydrogens (tertiary/aromatic N) is 1. The highest BCUT2D eigenvalue weighted by molar-refractivity contribution is 5.80. The summed E-state index contributed by atoms with van der Waals surface area (Å²) in [6, 6.07) is 8.90. The predicted octanol–water partition coefficient (Wildman–Crippen LogP) is 2.00. The van der Waals surface area contributed by atoms with Crippen molar-refractivity contribution in [3.63, 3.8) is 0 Å². The van der Waals surface area contributed by atoms with Crippen molar-refractivity contribution in [3.05, 3.63) is 35.4 Å². The van der Waals surface area contributed by atoms with Crippen LogP contribution < -0.4 is 5.32 Å².